The second kappa shape index (κ2) is 7.53. The van der Waals surface area contributed by atoms with Crippen LogP contribution >= 0.6 is 0 Å². The van der Waals surface area contributed by atoms with E-state index in [2.05, 4.69) is 5.16 Å². The highest BCUT2D eigenvalue weighted by molar-refractivity contribution is 6.00. The van der Waals surface area contributed by atoms with Crippen molar-refractivity contribution in [2.75, 3.05) is 13.7 Å². The summed E-state index contributed by atoms with van der Waals surface area (Å²) < 4.78 is 5.19. The number of benzene rings is 1. The first-order chi connectivity index (χ1) is 11.4. The van der Waals surface area contributed by atoms with Gasteiger partial charge in [-0.05, 0) is 24.6 Å². The van der Waals surface area contributed by atoms with Gasteiger partial charge in [0.05, 0.1) is 4.92 Å². The predicted molar refractivity (Wildman–Crippen MR) is 83.2 cm³/mol. The summed E-state index contributed by atoms with van der Waals surface area (Å²) in [5.74, 6) is -0.0262. The van der Waals surface area contributed by atoms with Gasteiger partial charge in [-0.3, -0.25) is 19.8 Å². The summed E-state index contributed by atoms with van der Waals surface area (Å²) >= 11 is 0. The maximum Gasteiger partial charge on any atom is 0.415 e. The first kappa shape index (κ1) is 17.4. The Hall–Kier alpha value is -2.97. The van der Waals surface area contributed by atoms with Gasteiger partial charge in [-0.15, -0.1) is 0 Å². The summed E-state index contributed by atoms with van der Waals surface area (Å²) in [6, 6.07) is 5.70. The molecule has 24 heavy (non-hydrogen) atoms. The molecular formula is C15H17N3O6. The van der Waals surface area contributed by atoms with Crippen LogP contribution in [0.25, 0.3) is 0 Å². The van der Waals surface area contributed by atoms with E-state index in [1.165, 1.54) is 43.2 Å². The quantitative estimate of drug-likeness (QED) is 0.602. The number of ether oxygens (including phenoxy) is 1. The largest absolute Gasteiger partial charge is 0.444 e. The Labute approximate surface area is 138 Å². The van der Waals surface area contributed by atoms with Crippen LogP contribution in [-0.2, 0) is 21.0 Å². The van der Waals surface area contributed by atoms with E-state index >= 15 is 0 Å². The normalized spacial score (nSPS) is 18.5. The van der Waals surface area contributed by atoms with E-state index in [4.69, 9.17) is 9.57 Å². The average Bonchev–Trinajstić information content (AvgIpc) is 2.98. The molecule has 0 saturated carbocycles. The number of non-ortho nitro benzene ring substituents is 1. The molecule has 1 aliphatic rings. The molecule has 1 amide bonds. The Balaban J connectivity index is 1.99. The fraction of sp³-hybridized carbons (Fsp3) is 0.400. The number of amides is 1. The smallest absolute Gasteiger partial charge is 0.415 e. The van der Waals surface area contributed by atoms with Crippen molar-refractivity contribution < 1.29 is 24.1 Å². The second-order valence-electron chi connectivity index (χ2n) is 5.29. The molecule has 1 fully saturated rings. The van der Waals surface area contributed by atoms with Gasteiger partial charge in [0.2, 0.25) is 0 Å². The summed E-state index contributed by atoms with van der Waals surface area (Å²) in [6.07, 6.45) is -0.330. The van der Waals surface area contributed by atoms with Crippen LogP contribution in [-0.4, -0.2) is 41.2 Å². The van der Waals surface area contributed by atoms with E-state index in [0.717, 1.165) is 0 Å². The van der Waals surface area contributed by atoms with Crippen molar-refractivity contribution in [3.63, 3.8) is 0 Å². The molecule has 1 atom stereocenters. The van der Waals surface area contributed by atoms with Gasteiger partial charge in [-0.2, -0.15) is 0 Å². The van der Waals surface area contributed by atoms with E-state index in [0.29, 0.717) is 17.8 Å². The van der Waals surface area contributed by atoms with Crippen molar-refractivity contribution in [2.45, 2.75) is 20.0 Å². The number of hydrogen-bond acceptors (Lipinski definition) is 7. The molecule has 1 aromatic carbocycles. The second-order valence-corrected chi connectivity index (χ2v) is 5.29. The van der Waals surface area contributed by atoms with Crippen LogP contribution in [0.5, 0.6) is 0 Å². The lowest BCUT2D eigenvalue weighted by molar-refractivity contribution is -0.384. The highest BCUT2D eigenvalue weighted by Gasteiger charge is 2.36. The van der Waals surface area contributed by atoms with Crippen LogP contribution in [0.15, 0.2) is 29.4 Å². The minimum atomic E-state index is -0.645. The molecule has 9 nitrogen and oxygen atoms in total. The van der Waals surface area contributed by atoms with Gasteiger partial charge < -0.3 is 9.57 Å². The van der Waals surface area contributed by atoms with Gasteiger partial charge in [0.1, 0.15) is 19.5 Å². The molecule has 0 spiro atoms. The molecule has 0 bridgehead atoms. The van der Waals surface area contributed by atoms with Crippen molar-refractivity contribution in [2.24, 2.45) is 11.1 Å². The minimum absolute atomic E-state index is 0.0375. The summed E-state index contributed by atoms with van der Waals surface area (Å²) in [6.45, 7) is 1.61. The predicted octanol–water partition coefficient (Wildman–Crippen LogP) is 2.10. The van der Waals surface area contributed by atoms with Crippen LogP contribution in [0.4, 0.5) is 10.5 Å². The number of ketones is 1. The number of oxime groups is 1. The topological polar surface area (TPSA) is 111 Å². The number of likely N-dealkylation sites (tertiary alicyclic amines) is 1. The summed E-state index contributed by atoms with van der Waals surface area (Å²) in [5, 5.41) is 14.4. The zero-order valence-corrected chi connectivity index (χ0v) is 13.3. The fourth-order valence-electron chi connectivity index (χ4n) is 2.30. The summed E-state index contributed by atoms with van der Waals surface area (Å²) in [5.41, 5.74) is 0.574. The molecule has 0 N–H and O–H groups in total. The zero-order valence-electron chi connectivity index (χ0n) is 13.3. The molecule has 1 saturated heterocycles. The molecule has 0 radical (unpaired) electrons. The third kappa shape index (κ3) is 4.06. The number of nitro groups is 1. The maximum atomic E-state index is 12.2. The van der Waals surface area contributed by atoms with E-state index < -0.39 is 11.0 Å². The number of nitro benzene ring substituents is 1. The lowest BCUT2D eigenvalue weighted by Crippen LogP contribution is -2.33. The van der Waals surface area contributed by atoms with E-state index in [1.807, 2.05) is 0 Å². The van der Waals surface area contributed by atoms with Crippen molar-refractivity contribution >= 4 is 23.4 Å². The number of Topliss-reactive ketones (excluding diaryl/α,β-unsaturated/α-hetero) is 1. The Morgan fingerprint density at radius 3 is 2.58 bits per heavy atom. The SMILES string of the molecule is CO/N=C1/C[C@H](C(C)=O)CN1C(=O)OCc1ccc([N+](=O)[O-])cc1. The van der Waals surface area contributed by atoms with Crippen molar-refractivity contribution in [1.82, 2.24) is 4.90 Å². The molecular weight excluding hydrogens is 318 g/mol. The van der Waals surface area contributed by atoms with Crippen LogP contribution in [0.2, 0.25) is 0 Å². The zero-order chi connectivity index (χ0) is 17.7. The Morgan fingerprint density at radius 1 is 1.38 bits per heavy atom. The van der Waals surface area contributed by atoms with E-state index in [-0.39, 0.29) is 30.5 Å². The number of carbonyl (C=O) groups is 2. The number of hydrogen-bond donors (Lipinski definition) is 0. The highest BCUT2D eigenvalue weighted by atomic mass is 16.6. The van der Waals surface area contributed by atoms with E-state index in [9.17, 15) is 19.7 Å². The monoisotopic (exact) mass is 335 g/mol. The lowest BCUT2D eigenvalue weighted by atomic mass is 10.1. The van der Waals surface area contributed by atoms with Crippen molar-refractivity contribution in [1.29, 1.82) is 0 Å². The van der Waals surface area contributed by atoms with Crippen LogP contribution in [0.3, 0.4) is 0 Å². The summed E-state index contributed by atoms with van der Waals surface area (Å²) in [7, 11) is 1.36. The third-order valence-corrected chi connectivity index (χ3v) is 3.64. The van der Waals surface area contributed by atoms with Gasteiger partial charge >= 0.3 is 6.09 Å². The molecule has 1 aliphatic heterocycles. The molecule has 2 rings (SSSR count). The van der Waals surface area contributed by atoms with Crippen LogP contribution < -0.4 is 0 Å². The first-order valence-electron chi connectivity index (χ1n) is 7.20. The fourth-order valence-corrected chi connectivity index (χ4v) is 2.30. The van der Waals surface area contributed by atoms with Gasteiger partial charge in [0.25, 0.3) is 5.69 Å². The van der Waals surface area contributed by atoms with E-state index in [1.54, 1.807) is 0 Å². The highest BCUT2D eigenvalue weighted by Crippen LogP contribution is 2.21. The van der Waals surface area contributed by atoms with Crippen molar-refractivity contribution in [3.8, 4) is 0 Å². The van der Waals surface area contributed by atoms with Crippen LogP contribution in [0.1, 0.15) is 18.9 Å². The maximum absolute atomic E-state index is 12.2. The Bertz CT molecular complexity index is 670. The minimum Gasteiger partial charge on any atom is -0.444 e. The molecule has 0 aromatic heterocycles. The van der Waals surface area contributed by atoms with Gasteiger partial charge in [-0.1, -0.05) is 5.16 Å². The number of amidine groups is 1. The van der Waals surface area contributed by atoms with Gasteiger partial charge in [0.15, 0.2) is 5.84 Å². The average molecular weight is 335 g/mol. The standard InChI is InChI=1S/C15H17N3O6/c1-10(19)12-7-14(16-23-2)17(8-12)15(20)24-9-11-3-5-13(6-4-11)18(21)22/h3-6,12H,7-9H2,1-2H3/b16-14-/t12-/m0/s1. The lowest BCUT2D eigenvalue weighted by Gasteiger charge is -2.16. The molecule has 9 heteroatoms. The third-order valence-electron chi connectivity index (χ3n) is 3.64. The first-order valence-corrected chi connectivity index (χ1v) is 7.20. The Morgan fingerprint density at radius 2 is 2.04 bits per heavy atom. The molecule has 0 aliphatic carbocycles. The summed E-state index contributed by atoms with van der Waals surface area (Å²) in [4.78, 5) is 39.7. The number of rotatable bonds is 5. The van der Waals surface area contributed by atoms with Gasteiger partial charge in [-0.25, -0.2) is 4.79 Å². The molecule has 1 aromatic rings. The van der Waals surface area contributed by atoms with Crippen LogP contribution in [0, 0.1) is 16.0 Å². The number of nitrogens with zero attached hydrogens (tertiary/aromatic N) is 3. The van der Waals surface area contributed by atoms with Gasteiger partial charge in [0, 0.05) is 31.0 Å². The number of carbonyl (C=O) groups excluding carboxylic acids is 2. The molecule has 0 unspecified atom stereocenters. The van der Waals surface area contributed by atoms with Crippen molar-refractivity contribution in [3.05, 3.63) is 39.9 Å². The Kier molecular flexibility index (Phi) is 5.46. The molecule has 128 valence electrons. The molecule has 1 heterocycles.